The van der Waals surface area contributed by atoms with Gasteiger partial charge in [-0.15, -0.1) is 0 Å². The van der Waals surface area contributed by atoms with Crippen LogP contribution >= 0.6 is 0 Å². The SMILES string of the molecule is CCN(CCCO)c1ncc(C(=O)O)c(C)n1. The van der Waals surface area contributed by atoms with Crippen LogP contribution in [-0.4, -0.2) is 45.8 Å². The van der Waals surface area contributed by atoms with Crippen molar-refractivity contribution in [2.45, 2.75) is 20.3 Å². The minimum atomic E-state index is -1.02. The summed E-state index contributed by atoms with van der Waals surface area (Å²) in [4.78, 5) is 20.9. The molecule has 2 N–H and O–H groups in total. The number of aromatic carboxylic acids is 1. The van der Waals surface area contributed by atoms with Crippen molar-refractivity contribution in [3.63, 3.8) is 0 Å². The molecule has 0 aromatic carbocycles. The van der Waals surface area contributed by atoms with Gasteiger partial charge in [0.15, 0.2) is 0 Å². The molecule has 17 heavy (non-hydrogen) atoms. The van der Waals surface area contributed by atoms with Crippen LogP contribution in [-0.2, 0) is 0 Å². The maximum absolute atomic E-state index is 10.8. The second kappa shape index (κ2) is 6.15. The number of hydrogen-bond acceptors (Lipinski definition) is 5. The van der Waals surface area contributed by atoms with E-state index in [2.05, 4.69) is 9.97 Å². The highest BCUT2D eigenvalue weighted by Crippen LogP contribution is 2.11. The zero-order chi connectivity index (χ0) is 12.8. The summed E-state index contributed by atoms with van der Waals surface area (Å²) in [6.07, 6.45) is 1.96. The number of rotatable bonds is 6. The van der Waals surface area contributed by atoms with Gasteiger partial charge in [-0.25, -0.2) is 14.8 Å². The normalized spacial score (nSPS) is 10.3. The van der Waals surface area contributed by atoms with E-state index >= 15 is 0 Å². The van der Waals surface area contributed by atoms with Gasteiger partial charge >= 0.3 is 5.97 Å². The fourth-order valence-corrected chi connectivity index (χ4v) is 1.48. The molecule has 0 fully saturated rings. The number of carboxylic acid groups (broad SMARTS) is 1. The molecule has 94 valence electrons. The van der Waals surface area contributed by atoms with E-state index in [1.807, 2.05) is 11.8 Å². The Bertz CT molecular complexity index is 396. The monoisotopic (exact) mass is 239 g/mol. The Morgan fingerprint density at radius 1 is 1.53 bits per heavy atom. The molecule has 0 amide bonds. The number of anilines is 1. The van der Waals surface area contributed by atoms with Crippen molar-refractivity contribution in [1.82, 2.24) is 9.97 Å². The minimum absolute atomic E-state index is 0.114. The summed E-state index contributed by atoms with van der Waals surface area (Å²) in [5.41, 5.74) is 0.567. The summed E-state index contributed by atoms with van der Waals surface area (Å²) in [5, 5.41) is 17.7. The number of aliphatic hydroxyl groups excluding tert-OH is 1. The van der Waals surface area contributed by atoms with Gasteiger partial charge in [0.05, 0.1) is 11.3 Å². The lowest BCUT2D eigenvalue weighted by Crippen LogP contribution is -2.27. The van der Waals surface area contributed by atoms with Gasteiger partial charge in [-0.1, -0.05) is 0 Å². The number of carboxylic acids is 1. The molecule has 1 rings (SSSR count). The van der Waals surface area contributed by atoms with E-state index < -0.39 is 5.97 Å². The summed E-state index contributed by atoms with van der Waals surface area (Å²) in [7, 11) is 0. The Hall–Kier alpha value is -1.69. The third-order valence-corrected chi connectivity index (χ3v) is 2.45. The molecule has 0 aliphatic rings. The van der Waals surface area contributed by atoms with Crippen molar-refractivity contribution >= 4 is 11.9 Å². The molecule has 0 saturated heterocycles. The Morgan fingerprint density at radius 3 is 2.71 bits per heavy atom. The fourth-order valence-electron chi connectivity index (χ4n) is 1.48. The molecule has 0 bridgehead atoms. The van der Waals surface area contributed by atoms with Crippen molar-refractivity contribution in [2.75, 3.05) is 24.6 Å². The predicted octanol–water partition coefficient (Wildman–Crippen LogP) is 0.692. The van der Waals surface area contributed by atoms with Crippen molar-refractivity contribution in [3.8, 4) is 0 Å². The lowest BCUT2D eigenvalue weighted by atomic mass is 10.2. The van der Waals surface area contributed by atoms with Crippen LogP contribution in [0.4, 0.5) is 5.95 Å². The quantitative estimate of drug-likeness (QED) is 0.759. The van der Waals surface area contributed by atoms with Crippen LogP contribution < -0.4 is 4.90 Å². The highest BCUT2D eigenvalue weighted by molar-refractivity contribution is 5.88. The first-order valence-corrected chi connectivity index (χ1v) is 5.52. The van der Waals surface area contributed by atoms with Crippen molar-refractivity contribution in [3.05, 3.63) is 17.5 Å². The number of hydrogen-bond donors (Lipinski definition) is 2. The largest absolute Gasteiger partial charge is 0.478 e. The number of aryl methyl sites for hydroxylation is 1. The van der Waals surface area contributed by atoms with Crippen LogP contribution in [0, 0.1) is 6.92 Å². The number of aliphatic hydroxyl groups is 1. The highest BCUT2D eigenvalue weighted by Gasteiger charge is 2.13. The molecule has 0 unspecified atom stereocenters. The summed E-state index contributed by atoms with van der Waals surface area (Å²) in [6, 6.07) is 0. The molecule has 0 radical (unpaired) electrons. The average Bonchev–Trinajstić information content (AvgIpc) is 2.29. The maximum atomic E-state index is 10.8. The van der Waals surface area contributed by atoms with E-state index in [-0.39, 0.29) is 12.2 Å². The highest BCUT2D eigenvalue weighted by atomic mass is 16.4. The van der Waals surface area contributed by atoms with E-state index in [1.165, 1.54) is 6.20 Å². The van der Waals surface area contributed by atoms with Gasteiger partial charge in [-0.3, -0.25) is 0 Å². The first-order valence-electron chi connectivity index (χ1n) is 5.52. The van der Waals surface area contributed by atoms with Crippen LogP contribution in [0.2, 0.25) is 0 Å². The van der Waals surface area contributed by atoms with Gasteiger partial charge in [0, 0.05) is 25.9 Å². The molecule has 1 aromatic heterocycles. The third kappa shape index (κ3) is 3.39. The lowest BCUT2D eigenvalue weighted by Gasteiger charge is -2.20. The topological polar surface area (TPSA) is 86.5 Å². The van der Waals surface area contributed by atoms with Gasteiger partial charge in [0.1, 0.15) is 0 Å². The molecule has 1 heterocycles. The second-order valence-corrected chi connectivity index (χ2v) is 3.63. The fraction of sp³-hybridized carbons (Fsp3) is 0.545. The zero-order valence-corrected chi connectivity index (χ0v) is 10.1. The Kier molecular flexibility index (Phi) is 4.84. The van der Waals surface area contributed by atoms with E-state index in [0.717, 1.165) is 0 Å². The summed E-state index contributed by atoms with van der Waals surface area (Å²) in [5.74, 6) is -0.518. The van der Waals surface area contributed by atoms with Gasteiger partial charge in [0.2, 0.25) is 5.95 Å². The summed E-state index contributed by atoms with van der Waals surface area (Å²) >= 11 is 0. The van der Waals surface area contributed by atoms with Gasteiger partial charge in [0.25, 0.3) is 0 Å². The lowest BCUT2D eigenvalue weighted by molar-refractivity contribution is 0.0695. The van der Waals surface area contributed by atoms with Gasteiger partial charge < -0.3 is 15.1 Å². The van der Waals surface area contributed by atoms with Crippen molar-refractivity contribution in [1.29, 1.82) is 0 Å². The van der Waals surface area contributed by atoms with Crippen molar-refractivity contribution < 1.29 is 15.0 Å². The van der Waals surface area contributed by atoms with Crippen LogP contribution in [0.25, 0.3) is 0 Å². The zero-order valence-electron chi connectivity index (χ0n) is 10.1. The first-order chi connectivity index (χ1) is 8.10. The summed E-state index contributed by atoms with van der Waals surface area (Å²) < 4.78 is 0. The van der Waals surface area contributed by atoms with E-state index in [0.29, 0.717) is 31.2 Å². The second-order valence-electron chi connectivity index (χ2n) is 3.63. The Labute approximate surface area is 99.9 Å². The Balaban J connectivity index is 2.90. The smallest absolute Gasteiger partial charge is 0.339 e. The van der Waals surface area contributed by atoms with E-state index in [1.54, 1.807) is 6.92 Å². The van der Waals surface area contributed by atoms with E-state index in [4.69, 9.17) is 10.2 Å². The number of carbonyl (C=O) groups is 1. The van der Waals surface area contributed by atoms with E-state index in [9.17, 15) is 4.79 Å². The van der Waals surface area contributed by atoms with Crippen LogP contribution in [0.3, 0.4) is 0 Å². The van der Waals surface area contributed by atoms with Crippen molar-refractivity contribution in [2.24, 2.45) is 0 Å². The third-order valence-electron chi connectivity index (χ3n) is 2.45. The number of aromatic nitrogens is 2. The molecular weight excluding hydrogens is 222 g/mol. The average molecular weight is 239 g/mol. The van der Waals surface area contributed by atoms with Crippen LogP contribution in [0.15, 0.2) is 6.20 Å². The standard InChI is InChI=1S/C11H17N3O3/c1-3-14(5-4-6-15)11-12-7-9(10(16)17)8(2)13-11/h7,15H,3-6H2,1-2H3,(H,16,17). The van der Waals surface area contributed by atoms with Crippen LogP contribution in [0.1, 0.15) is 29.4 Å². The predicted molar refractivity (Wildman–Crippen MR) is 63.3 cm³/mol. The van der Waals surface area contributed by atoms with Gasteiger partial charge in [-0.05, 0) is 20.3 Å². The summed E-state index contributed by atoms with van der Waals surface area (Å²) in [6.45, 7) is 5.09. The number of nitrogens with zero attached hydrogens (tertiary/aromatic N) is 3. The first kappa shape index (κ1) is 13.4. The molecule has 0 aliphatic heterocycles. The van der Waals surface area contributed by atoms with Gasteiger partial charge in [-0.2, -0.15) is 0 Å². The van der Waals surface area contributed by atoms with Crippen LogP contribution in [0.5, 0.6) is 0 Å². The molecule has 0 atom stereocenters. The molecular formula is C11H17N3O3. The minimum Gasteiger partial charge on any atom is -0.478 e. The molecule has 0 saturated carbocycles. The molecule has 6 nitrogen and oxygen atoms in total. The molecule has 0 aliphatic carbocycles. The molecule has 1 aromatic rings. The molecule has 6 heteroatoms. The Morgan fingerprint density at radius 2 is 2.24 bits per heavy atom. The maximum Gasteiger partial charge on any atom is 0.339 e. The molecule has 0 spiro atoms.